The highest BCUT2D eigenvalue weighted by molar-refractivity contribution is 5.27. The Morgan fingerprint density at radius 2 is 1.95 bits per heavy atom. The Kier molecular flexibility index (Phi) is 5.01. The zero-order valence-corrected chi connectivity index (χ0v) is 11.7. The maximum absolute atomic E-state index is 5.66. The van der Waals surface area contributed by atoms with Gasteiger partial charge in [-0.05, 0) is 37.5 Å². The first kappa shape index (κ1) is 13.7. The van der Waals surface area contributed by atoms with Gasteiger partial charge in [0.1, 0.15) is 23.8 Å². The Labute approximate surface area is 114 Å². The number of hydrogen-bond acceptors (Lipinski definition) is 3. The van der Waals surface area contributed by atoms with E-state index >= 15 is 0 Å². The van der Waals surface area contributed by atoms with Gasteiger partial charge in [-0.25, -0.2) is 0 Å². The normalized spacial score (nSPS) is 10.6. The second-order valence-electron chi connectivity index (χ2n) is 4.82. The van der Waals surface area contributed by atoms with Gasteiger partial charge in [0.2, 0.25) is 0 Å². The largest absolute Gasteiger partial charge is 0.487 e. The van der Waals surface area contributed by atoms with Crippen molar-refractivity contribution in [2.24, 2.45) is 0 Å². The highest BCUT2D eigenvalue weighted by Gasteiger charge is 2.01. The van der Waals surface area contributed by atoms with Gasteiger partial charge in [0, 0.05) is 6.07 Å². The molecule has 0 saturated carbocycles. The molecule has 0 aliphatic rings. The van der Waals surface area contributed by atoms with Crippen LogP contribution in [0.15, 0.2) is 34.9 Å². The number of rotatable bonds is 7. The molecule has 0 unspecified atom stereocenters. The summed E-state index contributed by atoms with van der Waals surface area (Å²) >= 11 is 0. The molecule has 0 bridgehead atoms. The average Bonchev–Trinajstić information content (AvgIpc) is 2.84. The molecule has 0 aliphatic carbocycles. The predicted molar refractivity (Wildman–Crippen MR) is 75.2 cm³/mol. The van der Waals surface area contributed by atoms with Crippen LogP contribution in [-0.4, -0.2) is 5.16 Å². The SMILES string of the molecule is CCCCCc1ccc(OCc2cc(C)on2)cc1. The Bertz CT molecular complexity index is 488. The van der Waals surface area contributed by atoms with Crippen LogP contribution in [0.4, 0.5) is 0 Å². The summed E-state index contributed by atoms with van der Waals surface area (Å²) in [6.07, 6.45) is 4.97. The van der Waals surface area contributed by atoms with Crippen molar-refractivity contribution in [3.63, 3.8) is 0 Å². The topological polar surface area (TPSA) is 35.3 Å². The van der Waals surface area contributed by atoms with Gasteiger partial charge in [0.25, 0.3) is 0 Å². The number of aryl methyl sites for hydroxylation is 2. The van der Waals surface area contributed by atoms with Gasteiger partial charge < -0.3 is 9.26 Å². The van der Waals surface area contributed by atoms with E-state index in [1.807, 2.05) is 25.1 Å². The molecular formula is C16H21NO2. The van der Waals surface area contributed by atoms with Crippen LogP contribution in [0.1, 0.15) is 43.2 Å². The van der Waals surface area contributed by atoms with Gasteiger partial charge >= 0.3 is 0 Å². The highest BCUT2D eigenvalue weighted by Crippen LogP contribution is 2.15. The molecule has 102 valence electrons. The predicted octanol–water partition coefficient (Wildman–Crippen LogP) is 4.29. The summed E-state index contributed by atoms with van der Waals surface area (Å²) in [6, 6.07) is 10.2. The van der Waals surface area contributed by atoms with E-state index in [9.17, 15) is 0 Å². The molecule has 3 nitrogen and oxygen atoms in total. The lowest BCUT2D eigenvalue weighted by Crippen LogP contribution is -1.95. The number of benzene rings is 1. The monoisotopic (exact) mass is 259 g/mol. The van der Waals surface area contributed by atoms with Crippen molar-refractivity contribution < 1.29 is 9.26 Å². The lowest BCUT2D eigenvalue weighted by atomic mass is 10.1. The molecule has 0 fully saturated rings. The van der Waals surface area contributed by atoms with Gasteiger partial charge in [0.05, 0.1) is 0 Å². The van der Waals surface area contributed by atoms with Crippen molar-refractivity contribution in [2.45, 2.75) is 46.1 Å². The second kappa shape index (κ2) is 6.98. The Balaban J connectivity index is 1.81. The van der Waals surface area contributed by atoms with E-state index in [0.717, 1.165) is 23.6 Å². The maximum atomic E-state index is 5.66. The third-order valence-corrected chi connectivity index (χ3v) is 3.06. The molecule has 0 saturated heterocycles. The Morgan fingerprint density at radius 1 is 1.16 bits per heavy atom. The average molecular weight is 259 g/mol. The third kappa shape index (κ3) is 4.43. The van der Waals surface area contributed by atoms with Crippen molar-refractivity contribution in [3.05, 3.63) is 47.3 Å². The third-order valence-electron chi connectivity index (χ3n) is 3.06. The van der Waals surface area contributed by atoms with Gasteiger partial charge in [-0.2, -0.15) is 0 Å². The minimum absolute atomic E-state index is 0.451. The van der Waals surface area contributed by atoms with Crippen LogP contribution in [-0.2, 0) is 13.0 Å². The molecule has 19 heavy (non-hydrogen) atoms. The lowest BCUT2D eigenvalue weighted by Gasteiger charge is -2.05. The molecule has 2 rings (SSSR count). The summed E-state index contributed by atoms with van der Waals surface area (Å²) in [5.41, 5.74) is 2.20. The standard InChI is InChI=1S/C16H21NO2/c1-3-4-5-6-14-7-9-16(10-8-14)18-12-15-11-13(2)19-17-15/h7-11H,3-6,12H2,1-2H3. The van der Waals surface area contributed by atoms with Crippen molar-refractivity contribution in [2.75, 3.05) is 0 Å². The minimum Gasteiger partial charge on any atom is -0.487 e. The number of unbranched alkanes of at least 4 members (excludes halogenated alkanes) is 2. The van der Waals surface area contributed by atoms with Crippen molar-refractivity contribution in [3.8, 4) is 5.75 Å². The number of nitrogens with zero attached hydrogens (tertiary/aromatic N) is 1. The molecule has 0 spiro atoms. The molecule has 2 aromatic rings. The quantitative estimate of drug-likeness (QED) is 0.695. The lowest BCUT2D eigenvalue weighted by molar-refractivity contribution is 0.288. The molecule has 1 heterocycles. The Morgan fingerprint density at radius 3 is 2.58 bits per heavy atom. The van der Waals surface area contributed by atoms with E-state index in [4.69, 9.17) is 9.26 Å². The Hall–Kier alpha value is -1.77. The molecule has 0 aliphatic heterocycles. The van der Waals surface area contributed by atoms with Gasteiger partial charge in [0.15, 0.2) is 0 Å². The number of aromatic nitrogens is 1. The smallest absolute Gasteiger partial charge is 0.134 e. The van der Waals surface area contributed by atoms with Gasteiger partial charge in [-0.15, -0.1) is 0 Å². The van der Waals surface area contributed by atoms with Crippen molar-refractivity contribution in [1.29, 1.82) is 0 Å². The fourth-order valence-corrected chi connectivity index (χ4v) is 1.97. The first-order chi connectivity index (χ1) is 9.28. The highest BCUT2D eigenvalue weighted by atomic mass is 16.5. The molecular weight excluding hydrogens is 238 g/mol. The first-order valence-electron chi connectivity index (χ1n) is 6.92. The molecule has 0 radical (unpaired) electrons. The molecule has 0 atom stereocenters. The summed E-state index contributed by atoms with van der Waals surface area (Å²) in [6.45, 7) is 4.55. The van der Waals surface area contributed by atoms with E-state index in [-0.39, 0.29) is 0 Å². The van der Waals surface area contributed by atoms with E-state index in [1.165, 1.54) is 24.8 Å². The minimum atomic E-state index is 0.451. The van der Waals surface area contributed by atoms with Crippen LogP contribution in [0, 0.1) is 6.92 Å². The molecule has 0 amide bonds. The van der Waals surface area contributed by atoms with Crippen LogP contribution >= 0.6 is 0 Å². The zero-order valence-electron chi connectivity index (χ0n) is 11.7. The molecule has 0 N–H and O–H groups in total. The summed E-state index contributed by atoms with van der Waals surface area (Å²) in [5.74, 6) is 1.68. The van der Waals surface area contributed by atoms with Crippen molar-refractivity contribution in [1.82, 2.24) is 5.16 Å². The van der Waals surface area contributed by atoms with Crippen LogP contribution < -0.4 is 4.74 Å². The first-order valence-corrected chi connectivity index (χ1v) is 6.92. The van der Waals surface area contributed by atoms with Gasteiger partial charge in [-0.3, -0.25) is 0 Å². The van der Waals surface area contributed by atoms with E-state index in [2.05, 4.69) is 24.2 Å². The van der Waals surface area contributed by atoms with Crippen LogP contribution in [0.25, 0.3) is 0 Å². The van der Waals surface area contributed by atoms with Crippen molar-refractivity contribution >= 4 is 0 Å². The van der Waals surface area contributed by atoms with Gasteiger partial charge in [-0.1, -0.05) is 37.1 Å². The second-order valence-corrected chi connectivity index (χ2v) is 4.82. The fourth-order valence-electron chi connectivity index (χ4n) is 1.97. The number of ether oxygens (including phenoxy) is 1. The van der Waals surface area contributed by atoms with Crippen LogP contribution in [0.2, 0.25) is 0 Å². The van der Waals surface area contributed by atoms with Crippen LogP contribution in [0.3, 0.4) is 0 Å². The van der Waals surface area contributed by atoms with E-state index in [0.29, 0.717) is 6.61 Å². The summed E-state index contributed by atoms with van der Waals surface area (Å²) < 4.78 is 10.7. The summed E-state index contributed by atoms with van der Waals surface area (Å²) in [4.78, 5) is 0. The van der Waals surface area contributed by atoms with E-state index in [1.54, 1.807) is 0 Å². The van der Waals surface area contributed by atoms with E-state index < -0.39 is 0 Å². The van der Waals surface area contributed by atoms with Crippen LogP contribution in [0.5, 0.6) is 5.75 Å². The molecule has 1 aromatic carbocycles. The summed E-state index contributed by atoms with van der Waals surface area (Å²) in [7, 11) is 0. The summed E-state index contributed by atoms with van der Waals surface area (Å²) in [5, 5.41) is 3.90. The zero-order chi connectivity index (χ0) is 13.5. The molecule has 3 heteroatoms. The fraction of sp³-hybridized carbons (Fsp3) is 0.438. The maximum Gasteiger partial charge on any atom is 0.134 e. The molecule has 1 aromatic heterocycles. The number of hydrogen-bond donors (Lipinski definition) is 0.